The van der Waals surface area contributed by atoms with E-state index in [2.05, 4.69) is 21.2 Å². The lowest BCUT2D eigenvalue weighted by molar-refractivity contribution is -0.112. The van der Waals surface area contributed by atoms with Crippen LogP contribution >= 0.6 is 39.1 Å². The quantitative estimate of drug-likeness (QED) is 0.295. The van der Waals surface area contributed by atoms with Gasteiger partial charge in [-0.15, -0.1) is 0 Å². The highest BCUT2D eigenvalue weighted by Gasteiger charge is 2.12. The van der Waals surface area contributed by atoms with Crippen LogP contribution in [0.1, 0.15) is 11.1 Å². The van der Waals surface area contributed by atoms with Crippen molar-refractivity contribution in [3.63, 3.8) is 0 Å². The zero-order chi connectivity index (χ0) is 21.5. The first-order chi connectivity index (χ1) is 14.5. The van der Waals surface area contributed by atoms with Crippen molar-refractivity contribution in [3.05, 3.63) is 97.9 Å². The van der Waals surface area contributed by atoms with Gasteiger partial charge in [0.2, 0.25) is 0 Å². The Hall–Kier alpha value is -2.78. The van der Waals surface area contributed by atoms with Crippen molar-refractivity contribution in [2.45, 2.75) is 6.61 Å². The van der Waals surface area contributed by atoms with E-state index in [1.807, 2.05) is 18.2 Å². The molecule has 0 heterocycles. The number of nitrogens with one attached hydrogen (secondary N) is 1. The SMILES string of the molecule is N#C/C(=C/c1ccccc1OCc1ccc(Cl)cc1Cl)C(=O)Nc1cccc(Br)c1. The number of hydrogen-bond acceptors (Lipinski definition) is 3. The first-order valence-corrected chi connectivity index (χ1v) is 10.4. The van der Waals surface area contributed by atoms with Gasteiger partial charge in [0.25, 0.3) is 5.91 Å². The fraction of sp³-hybridized carbons (Fsp3) is 0.0435. The molecule has 0 aliphatic carbocycles. The Morgan fingerprint density at radius 1 is 1.10 bits per heavy atom. The zero-order valence-corrected chi connectivity index (χ0v) is 18.6. The molecular weight excluding hydrogens is 487 g/mol. The smallest absolute Gasteiger partial charge is 0.266 e. The van der Waals surface area contributed by atoms with Gasteiger partial charge in [-0.1, -0.05) is 69.5 Å². The third-order valence-corrected chi connectivity index (χ3v) is 5.14. The van der Waals surface area contributed by atoms with Crippen molar-refractivity contribution in [1.29, 1.82) is 5.26 Å². The second kappa shape index (κ2) is 10.3. The summed E-state index contributed by atoms with van der Waals surface area (Å²) in [5.41, 5.74) is 1.91. The van der Waals surface area contributed by atoms with Gasteiger partial charge in [-0.2, -0.15) is 5.26 Å². The van der Waals surface area contributed by atoms with Gasteiger partial charge >= 0.3 is 0 Å². The van der Waals surface area contributed by atoms with Crippen molar-refractivity contribution in [3.8, 4) is 11.8 Å². The second-order valence-electron chi connectivity index (χ2n) is 6.20. The van der Waals surface area contributed by atoms with E-state index in [-0.39, 0.29) is 12.2 Å². The number of amides is 1. The third kappa shape index (κ3) is 5.87. The van der Waals surface area contributed by atoms with Crippen LogP contribution in [0.4, 0.5) is 5.69 Å². The lowest BCUT2D eigenvalue weighted by Crippen LogP contribution is -2.13. The fourth-order valence-corrected chi connectivity index (χ4v) is 3.46. The molecule has 7 heteroatoms. The van der Waals surface area contributed by atoms with Crippen LogP contribution in [0, 0.1) is 11.3 Å². The molecule has 0 fully saturated rings. The lowest BCUT2D eigenvalue weighted by atomic mass is 10.1. The normalized spacial score (nSPS) is 10.9. The van der Waals surface area contributed by atoms with Crippen LogP contribution in [0.2, 0.25) is 10.0 Å². The van der Waals surface area contributed by atoms with Gasteiger partial charge in [-0.05, 0) is 42.5 Å². The standard InChI is InChI=1S/C23H15BrCl2N2O2/c24-18-5-3-6-20(11-18)28-23(29)17(13-27)10-15-4-1-2-7-22(15)30-14-16-8-9-19(25)12-21(16)26/h1-12H,14H2,(H,28,29)/b17-10-. The number of benzene rings is 3. The Bertz CT molecular complexity index is 1160. The van der Waals surface area contributed by atoms with E-state index in [9.17, 15) is 10.1 Å². The predicted octanol–water partition coefficient (Wildman–Crippen LogP) is 6.88. The Morgan fingerprint density at radius 2 is 1.90 bits per heavy atom. The minimum absolute atomic E-state index is 0.0458. The van der Waals surface area contributed by atoms with Crippen molar-refractivity contribution in [2.75, 3.05) is 5.32 Å². The average molecular weight is 502 g/mol. The van der Waals surface area contributed by atoms with Gasteiger partial charge in [0.05, 0.1) is 0 Å². The van der Waals surface area contributed by atoms with Crippen molar-refractivity contribution in [1.82, 2.24) is 0 Å². The minimum Gasteiger partial charge on any atom is -0.488 e. The van der Waals surface area contributed by atoms with E-state index in [1.54, 1.807) is 54.6 Å². The number of nitrogens with zero attached hydrogens (tertiary/aromatic N) is 1. The second-order valence-corrected chi connectivity index (χ2v) is 7.96. The average Bonchev–Trinajstić information content (AvgIpc) is 2.72. The first-order valence-electron chi connectivity index (χ1n) is 8.81. The number of anilines is 1. The van der Waals surface area contributed by atoms with Crippen molar-refractivity contribution >= 4 is 56.8 Å². The van der Waals surface area contributed by atoms with E-state index in [0.29, 0.717) is 27.0 Å². The van der Waals surface area contributed by atoms with Gasteiger partial charge < -0.3 is 10.1 Å². The predicted molar refractivity (Wildman–Crippen MR) is 124 cm³/mol. The van der Waals surface area contributed by atoms with E-state index in [0.717, 1.165) is 10.0 Å². The molecule has 0 saturated heterocycles. The third-order valence-electron chi connectivity index (χ3n) is 4.06. The number of para-hydroxylation sites is 1. The molecule has 30 heavy (non-hydrogen) atoms. The van der Waals surface area contributed by atoms with Crippen LogP contribution in [-0.4, -0.2) is 5.91 Å². The molecule has 1 amide bonds. The van der Waals surface area contributed by atoms with Crippen LogP contribution in [-0.2, 0) is 11.4 Å². The molecule has 0 radical (unpaired) electrons. The van der Waals surface area contributed by atoms with E-state index in [4.69, 9.17) is 27.9 Å². The molecule has 3 rings (SSSR count). The van der Waals surface area contributed by atoms with Crippen LogP contribution < -0.4 is 10.1 Å². The van der Waals surface area contributed by atoms with Crippen molar-refractivity contribution < 1.29 is 9.53 Å². The number of rotatable bonds is 6. The van der Waals surface area contributed by atoms with Crippen LogP contribution in [0.5, 0.6) is 5.75 Å². The van der Waals surface area contributed by atoms with E-state index < -0.39 is 5.91 Å². The number of hydrogen-bond donors (Lipinski definition) is 1. The van der Waals surface area contributed by atoms with E-state index >= 15 is 0 Å². The summed E-state index contributed by atoms with van der Waals surface area (Å²) in [5.74, 6) is 0.0117. The maximum atomic E-state index is 12.5. The van der Waals surface area contributed by atoms with Gasteiger partial charge in [0.15, 0.2) is 0 Å². The summed E-state index contributed by atoms with van der Waals surface area (Å²) in [6.07, 6.45) is 1.49. The maximum absolute atomic E-state index is 12.5. The van der Waals surface area contributed by atoms with Gasteiger partial charge in [0.1, 0.15) is 24.0 Å². The van der Waals surface area contributed by atoms with Crippen LogP contribution in [0.25, 0.3) is 6.08 Å². The van der Waals surface area contributed by atoms with Gasteiger partial charge in [-0.25, -0.2) is 0 Å². The molecular formula is C23H15BrCl2N2O2. The van der Waals surface area contributed by atoms with Crippen LogP contribution in [0.15, 0.2) is 76.8 Å². The zero-order valence-electron chi connectivity index (χ0n) is 15.5. The van der Waals surface area contributed by atoms with Gasteiger partial charge in [-0.3, -0.25) is 4.79 Å². The first kappa shape index (κ1) is 21.9. The molecule has 0 spiro atoms. The summed E-state index contributed by atoms with van der Waals surface area (Å²) < 4.78 is 6.71. The lowest BCUT2D eigenvalue weighted by Gasteiger charge is -2.11. The summed E-state index contributed by atoms with van der Waals surface area (Å²) in [6, 6.07) is 21.4. The van der Waals surface area contributed by atoms with Crippen LogP contribution in [0.3, 0.4) is 0 Å². The Morgan fingerprint density at radius 3 is 2.63 bits per heavy atom. The molecule has 4 nitrogen and oxygen atoms in total. The molecule has 0 aliphatic heterocycles. The number of nitriles is 1. The molecule has 0 saturated carbocycles. The summed E-state index contributed by atoms with van der Waals surface area (Å²) in [6.45, 7) is 0.215. The highest BCUT2D eigenvalue weighted by molar-refractivity contribution is 9.10. The fourth-order valence-electron chi connectivity index (χ4n) is 2.59. The number of ether oxygens (including phenoxy) is 1. The Kier molecular flexibility index (Phi) is 7.53. The molecule has 0 unspecified atom stereocenters. The maximum Gasteiger partial charge on any atom is 0.266 e. The molecule has 1 N–H and O–H groups in total. The number of carbonyl (C=O) groups excluding carboxylic acids is 1. The minimum atomic E-state index is -0.508. The molecule has 0 bridgehead atoms. The summed E-state index contributed by atoms with van der Waals surface area (Å²) in [7, 11) is 0. The molecule has 0 aliphatic rings. The van der Waals surface area contributed by atoms with Crippen molar-refractivity contribution in [2.24, 2.45) is 0 Å². The topological polar surface area (TPSA) is 62.1 Å². The summed E-state index contributed by atoms with van der Waals surface area (Å²) in [5, 5.41) is 13.3. The summed E-state index contributed by atoms with van der Waals surface area (Å²) in [4.78, 5) is 12.5. The number of halogens is 3. The monoisotopic (exact) mass is 500 g/mol. The molecule has 150 valence electrons. The Balaban J connectivity index is 1.79. The molecule has 3 aromatic carbocycles. The van der Waals surface area contributed by atoms with E-state index in [1.165, 1.54) is 6.08 Å². The number of carbonyl (C=O) groups is 1. The molecule has 0 aromatic heterocycles. The highest BCUT2D eigenvalue weighted by Crippen LogP contribution is 2.26. The largest absolute Gasteiger partial charge is 0.488 e. The molecule has 0 atom stereocenters. The molecule has 3 aromatic rings. The highest BCUT2D eigenvalue weighted by atomic mass is 79.9. The summed E-state index contributed by atoms with van der Waals surface area (Å²) >= 11 is 15.5. The Labute approximate surface area is 192 Å². The van der Waals surface area contributed by atoms with Gasteiger partial charge in [0, 0.05) is 31.3 Å².